The number of nitrogens with one attached hydrogen (secondary N) is 2. The average molecular weight is 525 g/mol. The minimum Gasteiger partial charge on any atom is -0.375 e. The molecule has 4 rings (SSSR count). The molecule has 2 N–H and O–H groups in total. The van der Waals surface area contributed by atoms with Crippen molar-refractivity contribution in [2.75, 3.05) is 18.5 Å². The molecule has 0 unspecified atom stereocenters. The van der Waals surface area contributed by atoms with Gasteiger partial charge in [-0.15, -0.1) is 11.3 Å². The van der Waals surface area contributed by atoms with Crippen LogP contribution in [-0.4, -0.2) is 42.8 Å². The van der Waals surface area contributed by atoms with Gasteiger partial charge in [0.15, 0.2) is 0 Å². The van der Waals surface area contributed by atoms with E-state index in [1.54, 1.807) is 11.6 Å². The summed E-state index contributed by atoms with van der Waals surface area (Å²) < 4.78 is 49.1. The molecule has 1 aliphatic rings. The number of carbonyl (C=O) groups excluding carboxylic acids is 1. The molecule has 1 saturated heterocycles. The molecule has 2 aromatic carbocycles. The summed E-state index contributed by atoms with van der Waals surface area (Å²) in [5, 5.41) is 4.80. The van der Waals surface area contributed by atoms with Gasteiger partial charge in [0.2, 0.25) is 5.91 Å². The highest BCUT2D eigenvalue weighted by molar-refractivity contribution is 7.87. The van der Waals surface area contributed by atoms with Crippen molar-refractivity contribution in [1.29, 1.82) is 0 Å². The summed E-state index contributed by atoms with van der Waals surface area (Å²) in [6, 6.07) is 11.6. The van der Waals surface area contributed by atoms with Crippen LogP contribution in [0.5, 0.6) is 0 Å². The number of amides is 1. The Labute approximate surface area is 205 Å². The number of benzene rings is 2. The summed E-state index contributed by atoms with van der Waals surface area (Å²) in [6.07, 6.45) is 1.74. The van der Waals surface area contributed by atoms with Gasteiger partial charge in [-0.2, -0.15) is 17.4 Å². The minimum absolute atomic E-state index is 0.0327. The van der Waals surface area contributed by atoms with Crippen molar-refractivity contribution >= 4 is 44.7 Å². The Hall–Kier alpha value is -2.41. The second-order valence-corrected chi connectivity index (χ2v) is 10.6. The van der Waals surface area contributed by atoms with Gasteiger partial charge in [-0.1, -0.05) is 41.9 Å². The van der Waals surface area contributed by atoms with Gasteiger partial charge in [-0.25, -0.2) is 9.37 Å². The van der Waals surface area contributed by atoms with Crippen LogP contribution in [-0.2, 0) is 26.3 Å². The first kappa shape index (κ1) is 24.7. The van der Waals surface area contributed by atoms with Crippen LogP contribution in [0.2, 0.25) is 5.02 Å². The first-order valence-electron chi connectivity index (χ1n) is 10.4. The molecule has 34 heavy (non-hydrogen) atoms. The number of rotatable bonds is 8. The van der Waals surface area contributed by atoms with E-state index in [0.29, 0.717) is 11.6 Å². The van der Waals surface area contributed by atoms with E-state index in [9.17, 15) is 17.6 Å². The maximum Gasteiger partial charge on any atom is 0.280 e. The van der Waals surface area contributed by atoms with Crippen LogP contribution >= 0.6 is 22.9 Å². The maximum atomic E-state index is 13.5. The molecule has 0 saturated carbocycles. The minimum atomic E-state index is -4.02. The maximum absolute atomic E-state index is 13.5. The molecule has 0 spiro atoms. The lowest BCUT2D eigenvalue weighted by molar-refractivity contribution is -0.120. The number of anilines is 1. The third-order valence-corrected chi connectivity index (χ3v) is 8.03. The molecule has 0 radical (unpaired) electrons. The van der Waals surface area contributed by atoms with E-state index >= 15 is 0 Å². The lowest BCUT2D eigenvalue weighted by Gasteiger charge is -2.37. The van der Waals surface area contributed by atoms with Crippen LogP contribution in [0.15, 0.2) is 60.1 Å². The zero-order chi connectivity index (χ0) is 24.1. The Morgan fingerprint density at radius 1 is 1.29 bits per heavy atom. The topological polar surface area (TPSA) is 101 Å². The van der Waals surface area contributed by atoms with E-state index in [-0.39, 0.29) is 30.3 Å². The van der Waals surface area contributed by atoms with Crippen LogP contribution in [0, 0.1) is 5.82 Å². The summed E-state index contributed by atoms with van der Waals surface area (Å²) in [5.41, 5.74) is 1.21. The Bertz CT molecular complexity index is 1230. The van der Waals surface area contributed by atoms with Gasteiger partial charge in [-0.05, 0) is 30.2 Å². The first-order valence-corrected chi connectivity index (χ1v) is 13.1. The van der Waals surface area contributed by atoms with Crippen LogP contribution in [0.4, 0.5) is 10.1 Å². The average Bonchev–Trinajstić information content (AvgIpc) is 3.35. The van der Waals surface area contributed by atoms with Gasteiger partial charge in [0, 0.05) is 23.8 Å². The van der Waals surface area contributed by atoms with Crippen molar-refractivity contribution in [3.05, 3.63) is 81.5 Å². The summed E-state index contributed by atoms with van der Waals surface area (Å²) in [4.78, 5) is 17.4. The van der Waals surface area contributed by atoms with Crippen LogP contribution < -0.4 is 10.0 Å². The predicted octanol–water partition coefficient (Wildman–Crippen LogP) is 3.74. The fourth-order valence-electron chi connectivity index (χ4n) is 3.59. The SMILES string of the molecule is O=C(Nc1ccc(F)c(Cl)c1)[C@@H]1C[C@H](c2nccs2)NS(=O)(=O)N1CCOCc1ccccc1. The highest BCUT2D eigenvalue weighted by Crippen LogP contribution is 2.30. The molecule has 0 aliphatic carbocycles. The third kappa shape index (κ3) is 5.98. The van der Waals surface area contributed by atoms with Crippen molar-refractivity contribution in [3.63, 3.8) is 0 Å². The van der Waals surface area contributed by atoms with Gasteiger partial charge in [0.1, 0.15) is 16.9 Å². The van der Waals surface area contributed by atoms with Crippen molar-refractivity contribution in [2.45, 2.75) is 25.1 Å². The van der Waals surface area contributed by atoms with Gasteiger partial charge in [0.05, 0.1) is 24.3 Å². The molecule has 1 aliphatic heterocycles. The molecular formula is C22H22ClFN4O4S2. The van der Waals surface area contributed by atoms with Gasteiger partial charge in [0.25, 0.3) is 10.2 Å². The fourth-order valence-corrected chi connectivity index (χ4v) is 6.09. The van der Waals surface area contributed by atoms with Gasteiger partial charge >= 0.3 is 0 Å². The molecule has 0 bridgehead atoms. The standard InChI is InChI=1S/C22H22ClFN4O4S2/c23-17-12-16(6-7-18(17)24)26-21(29)20-13-19(22-25-8-11-33-22)27-34(30,31)28(20)9-10-32-14-15-4-2-1-3-5-15/h1-8,11-12,19-20,27H,9-10,13-14H2,(H,26,29)/t19-,20+/m1/s1. The van der Waals surface area contributed by atoms with Crippen molar-refractivity contribution in [1.82, 2.24) is 14.0 Å². The monoisotopic (exact) mass is 524 g/mol. The molecule has 3 aromatic rings. The number of halogens is 2. The predicted molar refractivity (Wildman–Crippen MR) is 128 cm³/mol. The van der Waals surface area contributed by atoms with E-state index in [1.165, 1.54) is 23.5 Å². The number of hydrogen-bond donors (Lipinski definition) is 2. The summed E-state index contributed by atoms with van der Waals surface area (Å²) in [6.45, 7) is 0.369. The molecule has 2 heterocycles. The molecule has 180 valence electrons. The number of ether oxygens (including phenoxy) is 1. The molecule has 1 amide bonds. The first-order chi connectivity index (χ1) is 16.3. The van der Waals surface area contributed by atoms with Crippen LogP contribution in [0.3, 0.4) is 0 Å². The Morgan fingerprint density at radius 2 is 2.09 bits per heavy atom. The zero-order valence-electron chi connectivity index (χ0n) is 17.9. The van der Waals surface area contributed by atoms with Crippen molar-refractivity contribution in [3.8, 4) is 0 Å². The van der Waals surface area contributed by atoms with E-state index in [2.05, 4.69) is 15.0 Å². The largest absolute Gasteiger partial charge is 0.375 e. The van der Waals surface area contributed by atoms with Crippen LogP contribution in [0.25, 0.3) is 0 Å². The van der Waals surface area contributed by atoms with Crippen molar-refractivity contribution in [2.24, 2.45) is 0 Å². The summed E-state index contributed by atoms with van der Waals surface area (Å²) in [7, 11) is -4.02. The molecule has 8 nitrogen and oxygen atoms in total. The molecular weight excluding hydrogens is 503 g/mol. The smallest absolute Gasteiger partial charge is 0.280 e. The van der Waals surface area contributed by atoms with E-state index in [0.717, 1.165) is 15.9 Å². The zero-order valence-corrected chi connectivity index (χ0v) is 20.2. The summed E-state index contributed by atoms with van der Waals surface area (Å²) in [5.74, 6) is -1.18. The van der Waals surface area contributed by atoms with E-state index in [1.807, 2.05) is 30.3 Å². The van der Waals surface area contributed by atoms with Crippen LogP contribution in [0.1, 0.15) is 23.0 Å². The van der Waals surface area contributed by atoms with E-state index < -0.39 is 34.0 Å². The number of aromatic nitrogens is 1. The molecule has 12 heteroatoms. The Morgan fingerprint density at radius 3 is 2.79 bits per heavy atom. The Kier molecular flexibility index (Phi) is 7.91. The second kappa shape index (κ2) is 10.9. The Balaban J connectivity index is 1.50. The summed E-state index contributed by atoms with van der Waals surface area (Å²) >= 11 is 7.12. The highest BCUT2D eigenvalue weighted by atomic mass is 35.5. The molecule has 2 atom stereocenters. The normalized spacial score (nSPS) is 20.2. The lowest BCUT2D eigenvalue weighted by atomic mass is 10.1. The molecule has 1 aromatic heterocycles. The van der Waals surface area contributed by atoms with Crippen molar-refractivity contribution < 1.29 is 22.3 Å². The fraction of sp³-hybridized carbons (Fsp3) is 0.273. The van der Waals surface area contributed by atoms with Gasteiger partial charge in [-0.3, -0.25) is 4.79 Å². The number of hydrogen-bond acceptors (Lipinski definition) is 6. The molecule has 1 fully saturated rings. The van der Waals surface area contributed by atoms with E-state index in [4.69, 9.17) is 16.3 Å². The lowest BCUT2D eigenvalue weighted by Crippen LogP contribution is -2.58. The number of carbonyl (C=O) groups is 1. The number of thiazole rings is 1. The highest BCUT2D eigenvalue weighted by Gasteiger charge is 2.43. The quantitative estimate of drug-likeness (QED) is 0.437. The second-order valence-electron chi connectivity index (χ2n) is 7.56. The van der Waals surface area contributed by atoms with Gasteiger partial charge < -0.3 is 10.1 Å². The third-order valence-electron chi connectivity index (χ3n) is 5.21. The number of nitrogens with zero attached hydrogens (tertiary/aromatic N) is 2.